The predicted octanol–water partition coefficient (Wildman–Crippen LogP) is 6.10. The van der Waals surface area contributed by atoms with E-state index in [4.69, 9.17) is 42.4 Å². The van der Waals surface area contributed by atoms with Crippen molar-refractivity contribution in [1.29, 1.82) is 0 Å². The minimum atomic E-state index is -1.16. The average molecular weight is 760 g/mol. The maximum atomic E-state index is 11.9. The van der Waals surface area contributed by atoms with E-state index < -0.39 is 23.5 Å². The maximum Gasteiger partial charge on any atom is 0.345 e. The Morgan fingerprint density at radius 2 is 1.72 bits per heavy atom. The Hall–Kier alpha value is -4.42. The summed E-state index contributed by atoms with van der Waals surface area (Å²) < 4.78 is 15.0. The molecular weight excluding hydrogens is 702 g/mol. The van der Waals surface area contributed by atoms with E-state index in [1.807, 2.05) is 57.2 Å². The molecule has 12 nitrogen and oxygen atoms in total. The zero-order valence-corrected chi connectivity index (χ0v) is 33.0. The van der Waals surface area contributed by atoms with Gasteiger partial charge in [-0.25, -0.2) is 4.79 Å². The molecule has 0 aromatic heterocycles. The number of methoxy groups -OCH3 is 1. The number of nitrogens with two attached hydrogens (primary N) is 2. The van der Waals surface area contributed by atoms with Gasteiger partial charge >= 0.3 is 17.9 Å². The smallest absolute Gasteiger partial charge is 0.345 e. The highest BCUT2D eigenvalue weighted by Crippen LogP contribution is 2.52. The quantitative estimate of drug-likeness (QED) is 0.108. The highest BCUT2D eigenvalue weighted by Gasteiger charge is 2.41. The number of carboxylic acid groups (broad SMARTS) is 1. The lowest BCUT2D eigenvalue weighted by Crippen LogP contribution is -2.42. The molecule has 0 heterocycles. The van der Waals surface area contributed by atoms with Crippen molar-refractivity contribution in [2.75, 3.05) is 20.2 Å². The largest absolute Gasteiger partial charge is 0.495 e. The van der Waals surface area contributed by atoms with Crippen molar-refractivity contribution in [3.05, 3.63) is 76.3 Å². The molecule has 0 bridgehead atoms. The number of carbonyl (C=O) groups excluding carboxylic acids is 4. The first-order chi connectivity index (χ1) is 24.8. The van der Waals surface area contributed by atoms with Gasteiger partial charge in [0.15, 0.2) is 6.10 Å². The number of primary amides is 1. The van der Waals surface area contributed by atoms with Crippen molar-refractivity contribution in [3.8, 4) is 5.75 Å². The highest BCUT2D eigenvalue weighted by atomic mass is 35.5. The van der Waals surface area contributed by atoms with Crippen molar-refractivity contribution in [2.24, 2.45) is 34.6 Å². The summed E-state index contributed by atoms with van der Waals surface area (Å²) in [5, 5.41) is 12.2. The van der Waals surface area contributed by atoms with Crippen molar-refractivity contribution >= 4 is 41.3 Å². The molecule has 1 aliphatic rings. The summed E-state index contributed by atoms with van der Waals surface area (Å²) in [6, 6.07) is 14.0. The molecule has 1 saturated carbocycles. The summed E-state index contributed by atoms with van der Waals surface area (Å²) >= 11 is 5.80. The molecule has 3 rings (SSSR count). The lowest BCUT2D eigenvalue weighted by molar-refractivity contribution is -0.171. The van der Waals surface area contributed by atoms with Crippen LogP contribution in [0.1, 0.15) is 89.8 Å². The Bertz CT molecular complexity index is 1530. The third kappa shape index (κ3) is 18.8. The zero-order chi connectivity index (χ0) is 40.3. The number of benzene rings is 2. The second-order valence-electron chi connectivity index (χ2n) is 14.3. The number of carboxylic acids is 1. The minimum absolute atomic E-state index is 0.0889. The predicted molar refractivity (Wildman–Crippen MR) is 205 cm³/mol. The molecule has 2 aromatic carbocycles. The Morgan fingerprint density at radius 3 is 2.23 bits per heavy atom. The van der Waals surface area contributed by atoms with Crippen LogP contribution in [0.5, 0.6) is 5.75 Å². The van der Waals surface area contributed by atoms with Crippen LogP contribution in [0.4, 0.5) is 0 Å². The van der Waals surface area contributed by atoms with Crippen LogP contribution in [0.2, 0.25) is 5.02 Å². The third-order valence-electron chi connectivity index (χ3n) is 8.47. The summed E-state index contributed by atoms with van der Waals surface area (Å²) in [6.07, 6.45) is 5.57. The van der Waals surface area contributed by atoms with Gasteiger partial charge in [-0.2, -0.15) is 0 Å². The maximum absolute atomic E-state index is 11.9. The number of rotatable bonds is 17. The van der Waals surface area contributed by atoms with E-state index in [0.29, 0.717) is 22.8 Å². The number of esters is 2. The van der Waals surface area contributed by atoms with E-state index in [9.17, 15) is 24.0 Å². The molecule has 1 aliphatic carbocycles. The molecule has 1 fully saturated rings. The summed E-state index contributed by atoms with van der Waals surface area (Å²) in [6.45, 7) is 12.8. The van der Waals surface area contributed by atoms with E-state index in [2.05, 4.69) is 24.4 Å². The monoisotopic (exact) mass is 759 g/mol. The fourth-order valence-electron chi connectivity index (χ4n) is 5.19. The van der Waals surface area contributed by atoms with Crippen LogP contribution in [0.3, 0.4) is 0 Å². The molecule has 4 unspecified atom stereocenters. The van der Waals surface area contributed by atoms with Crippen molar-refractivity contribution < 1.29 is 43.3 Å². The normalized spacial score (nSPS) is 15.8. The number of allylic oxidation sites excluding steroid dienone is 1. The number of carbonyl (C=O) groups is 5. The molecule has 0 radical (unpaired) electrons. The molecule has 53 heavy (non-hydrogen) atoms. The number of hydrogen-bond acceptors (Lipinski definition) is 9. The van der Waals surface area contributed by atoms with E-state index >= 15 is 0 Å². The van der Waals surface area contributed by atoms with Crippen molar-refractivity contribution in [1.82, 2.24) is 5.32 Å². The fourth-order valence-corrected chi connectivity index (χ4v) is 5.50. The number of nitrogens with one attached hydrogen (secondary N) is 1. The molecule has 0 saturated heterocycles. The van der Waals surface area contributed by atoms with Gasteiger partial charge < -0.3 is 36.1 Å². The average Bonchev–Trinajstić information content (AvgIpc) is 3.90. The van der Waals surface area contributed by atoms with Crippen LogP contribution in [0, 0.1) is 30.1 Å². The second kappa shape index (κ2) is 23.3. The Labute approximate surface area is 318 Å². The van der Waals surface area contributed by atoms with E-state index in [1.54, 1.807) is 21.0 Å². The van der Waals surface area contributed by atoms with Crippen molar-refractivity contribution in [2.45, 2.75) is 92.8 Å². The van der Waals surface area contributed by atoms with Gasteiger partial charge in [0.2, 0.25) is 11.8 Å². The first-order valence-electron chi connectivity index (χ1n) is 17.7. The van der Waals surface area contributed by atoms with E-state index in [-0.39, 0.29) is 49.8 Å². The van der Waals surface area contributed by atoms with Crippen LogP contribution in [0.25, 0.3) is 0 Å². The van der Waals surface area contributed by atoms with Gasteiger partial charge in [0, 0.05) is 13.5 Å². The molecule has 0 aliphatic heterocycles. The number of hydrogen-bond donors (Lipinski definition) is 4. The van der Waals surface area contributed by atoms with Gasteiger partial charge in [0.25, 0.3) is 0 Å². The van der Waals surface area contributed by atoms with Crippen LogP contribution >= 0.6 is 11.6 Å². The van der Waals surface area contributed by atoms with E-state index in [0.717, 1.165) is 29.7 Å². The van der Waals surface area contributed by atoms with Gasteiger partial charge in [-0.05, 0) is 105 Å². The Balaban J connectivity index is 0.000000430. The van der Waals surface area contributed by atoms with Crippen LogP contribution < -0.4 is 21.5 Å². The Morgan fingerprint density at radius 1 is 1.08 bits per heavy atom. The van der Waals surface area contributed by atoms with Gasteiger partial charge in [-0.15, -0.1) is 0 Å². The SMILES string of the molecule is CC(=O)NCC(C)(C)C(=O)OC(CC(C)C)C(=O)O.CC(CC/C=C/C(N)=O)C1CC1c1ccc(COC(=O)CN)cc1.COc1ccc(C)cc1Cl. The molecular formula is C40H58ClN3O9. The standard InChI is InChI=1S/C19H26N2O3.C13H23NO5.C8H9ClO/c1-13(4-2-3-5-18(21)22)16-10-17(16)15-8-6-14(7-9-15)12-24-19(23)11-20;1-8(2)6-10(11(16)17)19-12(18)13(4,5)7-14-9(3)15;1-6-3-4-8(10-2)7(9)5-6/h3,5-9,13,16-17H,2,4,10-12,20H2,1H3,(H2,21,22);8,10H,6-7H2,1-5H3,(H,14,15)(H,16,17);3-5H,1-2H3/b5-3+;;. The van der Waals surface area contributed by atoms with Crippen molar-refractivity contribution in [3.63, 3.8) is 0 Å². The number of halogens is 1. The number of aryl methyl sites for hydroxylation is 1. The lowest BCUT2D eigenvalue weighted by atomic mass is 9.93. The first-order valence-corrected chi connectivity index (χ1v) is 18.1. The first kappa shape index (κ1) is 46.6. The molecule has 2 amide bonds. The lowest BCUT2D eigenvalue weighted by Gasteiger charge is -2.25. The topological polar surface area (TPSA) is 197 Å². The number of aliphatic carboxylic acids is 1. The van der Waals surface area contributed by atoms with Crippen LogP contribution in [-0.2, 0) is 40.1 Å². The zero-order valence-electron chi connectivity index (χ0n) is 32.3. The molecule has 2 aromatic rings. The summed E-state index contributed by atoms with van der Waals surface area (Å²) in [5.74, 6) is -0.0414. The second-order valence-corrected chi connectivity index (χ2v) is 14.7. The van der Waals surface area contributed by atoms with E-state index in [1.165, 1.54) is 25.0 Å². The van der Waals surface area contributed by atoms with Crippen LogP contribution in [0.15, 0.2) is 54.6 Å². The fraction of sp³-hybridized carbons (Fsp3) is 0.525. The Kier molecular flexibility index (Phi) is 20.5. The van der Waals surface area contributed by atoms with Crippen LogP contribution in [-0.4, -0.2) is 61.1 Å². The van der Waals surface area contributed by atoms with Gasteiger partial charge in [-0.1, -0.05) is 68.8 Å². The molecule has 0 spiro atoms. The molecule has 6 N–H and O–H groups in total. The molecule has 4 atom stereocenters. The van der Waals surface area contributed by atoms with Gasteiger partial charge in [0.05, 0.1) is 24.1 Å². The summed E-state index contributed by atoms with van der Waals surface area (Å²) in [7, 11) is 1.61. The molecule has 13 heteroatoms. The minimum Gasteiger partial charge on any atom is -0.495 e. The summed E-state index contributed by atoms with van der Waals surface area (Å²) in [5.41, 5.74) is 12.8. The van der Waals surface area contributed by atoms with Gasteiger partial charge in [0.1, 0.15) is 12.4 Å². The molecule has 294 valence electrons. The summed E-state index contributed by atoms with van der Waals surface area (Å²) in [4.78, 5) is 55.5. The highest BCUT2D eigenvalue weighted by molar-refractivity contribution is 6.32. The third-order valence-corrected chi connectivity index (χ3v) is 8.76. The van der Waals surface area contributed by atoms with Gasteiger partial charge in [-0.3, -0.25) is 19.2 Å². The number of amides is 2. The number of ether oxygens (including phenoxy) is 3.